The van der Waals surface area contributed by atoms with Crippen molar-refractivity contribution in [1.82, 2.24) is 0 Å². The maximum atomic E-state index is 12.2. The van der Waals surface area contributed by atoms with Gasteiger partial charge in [0.1, 0.15) is 6.61 Å². The molecule has 2 N–H and O–H groups in total. The zero-order valence-corrected chi connectivity index (χ0v) is 17.9. The number of aliphatic hydroxyl groups is 2. The molecular weight excluding hydrogens is 386 g/mol. The lowest BCUT2D eigenvalue weighted by Gasteiger charge is -2.63. The van der Waals surface area contributed by atoms with Crippen LogP contribution >= 0.6 is 0 Å². The summed E-state index contributed by atoms with van der Waals surface area (Å²) >= 11 is 0. The summed E-state index contributed by atoms with van der Waals surface area (Å²) in [4.78, 5) is 11.2. The van der Waals surface area contributed by atoms with Crippen molar-refractivity contribution in [3.8, 4) is 0 Å². The fraction of sp³-hybridized carbons (Fsp3) is 0.826. The Bertz CT molecular complexity index is 817. The molecule has 0 amide bonds. The molecule has 30 heavy (non-hydrogen) atoms. The fourth-order valence-electron chi connectivity index (χ4n) is 7.69. The van der Waals surface area contributed by atoms with Crippen LogP contribution in [0.25, 0.3) is 0 Å². The van der Waals surface area contributed by atoms with Crippen LogP contribution in [-0.4, -0.2) is 52.4 Å². The molecule has 0 bridgehead atoms. The van der Waals surface area contributed by atoms with E-state index in [1.165, 1.54) is 5.57 Å². The first-order chi connectivity index (χ1) is 14.2. The maximum absolute atomic E-state index is 12.2. The molecule has 4 aliphatic carbocycles. The normalized spacial score (nSPS) is 45.2. The number of nitro groups is 1. The second-order valence-corrected chi connectivity index (χ2v) is 10.5. The van der Waals surface area contributed by atoms with Gasteiger partial charge in [0.15, 0.2) is 5.79 Å². The molecule has 0 radical (unpaired) electrons. The molecule has 166 valence electrons. The zero-order valence-electron chi connectivity index (χ0n) is 17.9. The highest BCUT2D eigenvalue weighted by atomic mass is 16.7. The Balaban J connectivity index is 1.47. The van der Waals surface area contributed by atoms with Crippen LogP contribution in [0.5, 0.6) is 0 Å². The maximum Gasteiger partial charge on any atom is 0.257 e. The van der Waals surface area contributed by atoms with Crippen LogP contribution in [0.15, 0.2) is 23.3 Å². The average Bonchev–Trinajstić information content (AvgIpc) is 3.29. The van der Waals surface area contributed by atoms with Crippen LogP contribution in [0, 0.1) is 32.8 Å². The number of aliphatic hydroxyl groups excluding tert-OH is 1. The van der Waals surface area contributed by atoms with Gasteiger partial charge in [0, 0.05) is 28.8 Å². The molecule has 3 fully saturated rings. The van der Waals surface area contributed by atoms with Gasteiger partial charge in [0.25, 0.3) is 6.04 Å². The Labute approximate surface area is 177 Å². The van der Waals surface area contributed by atoms with E-state index in [0.717, 1.165) is 37.7 Å². The zero-order chi connectivity index (χ0) is 21.4. The number of allylic oxidation sites excluding steroid dienone is 2. The highest BCUT2D eigenvalue weighted by molar-refractivity contribution is 5.35. The predicted octanol–water partition coefficient (Wildman–Crippen LogP) is 2.98. The molecule has 0 aromatic carbocycles. The number of hydrogen-bond donors (Lipinski definition) is 2. The molecule has 1 spiro atoms. The van der Waals surface area contributed by atoms with Crippen molar-refractivity contribution in [2.45, 2.75) is 76.2 Å². The summed E-state index contributed by atoms with van der Waals surface area (Å²) in [6.45, 7) is 5.11. The second kappa shape index (κ2) is 6.61. The van der Waals surface area contributed by atoms with Crippen molar-refractivity contribution in [2.75, 3.05) is 19.8 Å². The van der Waals surface area contributed by atoms with Crippen LogP contribution in [-0.2, 0) is 9.47 Å². The van der Waals surface area contributed by atoms with Crippen LogP contribution in [0.3, 0.4) is 0 Å². The minimum Gasteiger partial charge on any atom is -0.389 e. The predicted molar refractivity (Wildman–Crippen MR) is 109 cm³/mol. The monoisotopic (exact) mass is 419 g/mol. The third-order valence-corrected chi connectivity index (χ3v) is 9.54. The van der Waals surface area contributed by atoms with Crippen molar-refractivity contribution in [1.29, 1.82) is 0 Å². The topological polar surface area (TPSA) is 102 Å². The first kappa shape index (κ1) is 20.6. The summed E-state index contributed by atoms with van der Waals surface area (Å²) in [5.41, 5.74) is 0.529. The van der Waals surface area contributed by atoms with Crippen LogP contribution in [0.1, 0.15) is 58.8 Å². The Hall–Kier alpha value is -1.28. The summed E-state index contributed by atoms with van der Waals surface area (Å²) in [6.07, 6.45) is 9.46. The fourth-order valence-corrected chi connectivity index (χ4v) is 7.69. The van der Waals surface area contributed by atoms with Crippen molar-refractivity contribution in [3.63, 3.8) is 0 Å². The number of fused-ring (bicyclic) bond motifs is 5. The van der Waals surface area contributed by atoms with Gasteiger partial charge >= 0.3 is 0 Å². The first-order valence-electron chi connectivity index (χ1n) is 11.3. The van der Waals surface area contributed by atoms with Crippen molar-refractivity contribution >= 4 is 0 Å². The van der Waals surface area contributed by atoms with Gasteiger partial charge in [-0.15, -0.1) is 0 Å². The highest BCUT2D eigenvalue weighted by Crippen LogP contribution is 2.67. The van der Waals surface area contributed by atoms with Gasteiger partial charge in [-0.2, -0.15) is 0 Å². The van der Waals surface area contributed by atoms with Crippen molar-refractivity contribution in [2.24, 2.45) is 22.7 Å². The van der Waals surface area contributed by atoms with E-state index in [4.69, 9.17) is 9.47 Å². The van der Waals surface area contributed by atoms with Crippen LogP contribution < -0.4 is 0 Å². The van der Waals surface area contributed by atoms with E-state index in [0.29, 0.717) is 26.1 Å². The molecule has 5 aliphatic rings. The number of rotatable bonds is 3. The molecule has 0 aromatic heterocycles. The Morgan fingerprint density at radius 2 is 1.83 bits per heavy atom. The summed E-state index contributed by atoms with van der Waals surface area (Å²) < 4.78 is 11.9. The number of hydrogen-bond acceptors (Lipinski definition) is 6. The third kappa shape index (κ3) is 2.52. The average molecular weight is 420 g/mol. The second-order valence-electron chi connectivity index (χ2n) is 10.5. The van der Waals surface area contributed by atoms with Gasteiger partial charge < -0.3 is 19.7 Å². The molecule has 0 aromatic rings. The largest absolute Gasteiger partial charge is 0.389 e. The van der Waals surface area contributed by atoms with Gasteiger partial charge in [-0.05, 0) is 49.4 Å². The lowest BCUT2D eigenvalue weighted by Crippen LogP contribution is -2.63. The Morgan fingerprint density at radius 1 is 1.13 bits per heavy atom. The van der Waals surface area contributed by atoms with E-state index >= 15 is 0 Å². The van der Waals surface area contributed by atoms with Gasteiger partial charge in [0.2, 0.25) is 0 Å². The van der Waals surface area contributed by atoms with E-state index in [-0.39, 0.29) is 27.6 Å². The molecule has 5 rings (SSSR count). The lowest BCUT2D eigenvalue weighted by atomic mass is 9.44. The Morgan fingerprint density at radius 3 is 2.50 bits per heavy atom. The van der Waals surface area contributed by atoms with E-state index in [1.54, 1.807) is 0 Å². The van der Waals surface area contributed by atoms with Crippen LogP contribution in [0.4, 0.5) is 0 Å². The van der Waals surface area contributed by atoms with E-state index in [1.807, 2.05) is 6.08 Å². The quantitative estimate of drug-likeness (QED) is 0.414. The molecule has 7 heteroatoms. The Kier molecular flexibility index (Phi) is 4.54. The highest BCUT2D eigenvalue weighted by Gasteiger charge is 2.66. The summed E-state index contributed by atoms with van der Waals surface area (Å²) in [5.74, 6) is -0.297. The van der Waals surface area contributed by atoms with E-state index in [2.05, 4.69) is 19.9 Å². The van der Waals surface area contributed by atoms with Crippen molar-refractivity contribution in [3.05, 3.63) is 33.4 Å². The van der Waals surface area contributed by atoms with E-state index < -0.39 is 24.0 Å². The molecule has 7 nitrogen and oxygen atoms in total. The minimum atomic E-state index is -1.04. The number of ether oxygens (including phenoxy) is 2. The van der Waals surface area contributed by atoms with Gasteiger partial charge in [-0.1, -0.05) is 31.6 Å². The molecule has 1 heterocycles. The molecule has 2 saturated carbocycles. The summed E-state index contributed by atoms with van der Waals surface area (Å²) in [7, 11) is 0. The molecular formula is C23H33NO6. The SMILES string of the molecule is C[C@]12CCC3(CC1=CC[C@H]1[C@@H]4CC=C(C(CO)[N+](=O)[O-])[C@@]4(C)CC[C@@]12O)OCCO3. The van der Waals surface area contributed by atoms with Gasteiger partial charge in [0.05, 0.1) is 18.8 Å². The van der Waals surface area contributed by atoms with Gasteiger partial charge in [-0.3, -0.25) is 10.1 Å². The molecule has 1 saturated heterocycles. The minimum absolute atomic E-state index is 0.0595. The van der Waals surface area contributed by atoms with Gasteiger partial charge in [-0.25, -0.2) is 0 Å². The van der Waals surface area contributed by atoms with Crippen LogP contribution in [0.2, 0.25) is 0 Å². The molecule has 6 atom stereocenters. The van der Waals surface area contributed by atoms with Crippen molar-refractivity contribution < 1.29 is 24.6 Å². The smallest absolute Gasteiger partial charge is 0.257 e. The molecule has 1 unspecified atom stereocenters. The summed E-state index contributed by atoms with van der Waals surface area (Å²) in [6, 6.07) is -1.04. The van der Waals surface area contributed by atoms with E-state index in [9.17, 15) is 20.3 Å². The first-order valence-corrected chi connectivity index (χ1v) is 11.3. The summed E-state index contributed by atoms with van der Waals surface area (Å²) in [5, 5.41) is 33.4. The molecule has 1 aliphatic heterocycles. The third-order valence-electron chi connectivity index (χ3n) is 9.54. The number of nitrogens with zero attached hydrogens (tertiary/aromatic N) is 1. The standard InChI is InChI=1S/C23H33NO6/c1-20-7-10-23(26)17(16(20)5-6-18(20)19(14-25)24(27)28)4-3-15-13-22(29-11-12-30-22)9-8-21(15,23)2/h3,6,16-17,19,25-26H,4-5,7-14H2,1-2H3/t16-,17-,19?,20-,21-,23+/m0/s1. The lowest BCUT2D eigenvalue weighted by molar-refractivity contribution is -0.517.